The zero-order chi connectivity index (χ0) is 19.9. The molecule has 28 heavy (non-hydrogen) atoms. The lowest BCUT2D eigenvalue weighted by Crippen LogP contribution is -2.13. The van der Waals surface area contributed by atoms with Crippen molar-refractivity contribution in [3.05, 3.63) is 12.2 Å². The van der Waals surface area contributed by atoms with Crippen LogP contribution in [0.4, 0.5) is 0 Å². The van der Waals surface area contributed by atoms with Gasteiger partial charge < -0.3 is 0 Å². The van der Waals surface area contributed by atoms with Gasteiger partial charge >= 0.3 is 0 Å². The molecule has 0 nitrogen and oxygen atoms in total. The van der Waals surface area contributed by atoms with Crippen molar-refractivity contribution in [3.63, 3.8) is 0 Å². The van der Waals surface area contributed by atoms with Crippen molar-refractivity contribution in [2.24, 2.45) is 23.7 Å². The van der Waals surface area contributed by atoms with E-state index in [1.165, 1.54) is 103 Å². The summed E-state index contributed by atoms with van der Waals surface area (Å²) < 4.78 is 0. The lowest BCUT2D eigenvalue weighted by molar-refractivity contribution is 0.294. The van der Waals surface area contributed by atoms with E-state index >= 15 is 0 Å². The standard InChI is InChI=1S/C28H44/c1-3-5-9-13-25-17-21-27(22-18-25)15-11-7-8-12-16-28-23-19-26(20-24-28)14-10-6-4-2/h7-8,25-28H,3-6,9-10,13-14,17-24H2,1-2H3/b8-7+/t25-,26-,27-,28-. The van der Waals surface area contributed by atoms with Crippen LogP contribution in [0.1, 0.15) is 117 Å². The molecule has 0 spiro atoms. The molecule has 0 aromatic carbocycles. The summed E-state index contributed by atoms with van der Waals surface area (Å²) in [7, 11) is 0. The second-order valence-electron chi connectivity index (χ2n) is 9.34. The molecule has 0 amide bonds. The van der Waals surface area contributed by atoms with Crippen LogP contribution in [0.25, 0.3) is 0 Å². The summed E-state index contributed by atoms with van der Waals surface area (Å²) in [4.78, 5) is 0. The van der Waals surface area contributed by atoms with Gasteiger partial charge in [0.25, 0.3) is 0 Å². The van der Waals surface area contributed by atoms with E-state index in [0.717, 1.165) is 11.8 Å². The minimum atomic E-state index is 0.628. The number of hydrogen-bond donors (Lipinski definition) is 0. The molecule has 2 saturated carbocycles. The molecule has 0 radical (unpaired) electrons. The average Bonchev–Trinajstić information content (AvgIpc) is 2.73. The highest BCUT2D eigenvalue weighted by Gasteiger charge is 2.20. The highest BCUT2D eigenvalue weighted by molar-refractivity contribution is 5.26. The van der Waals surface area contributed by atoms with E-state index in [4.69, 9.17) is 0 Å². The van der Waals surface area contributed by atoms with Crippen LogP contribution in [0.2, 0.25) is 0 Å². The molecule has 0 bridgehead atoms. The fraction of sp³-hybridized carbons (Fsp3) is 0.786. The Morgan fingerprint density at radius 3 is 1.32 bits per heavy atom. The number of rotatable bonds is 8. The third kappa shape index (κ3) is 9.87. The molecular weight excluding hydrogens is 336 g/mol. The molecule has 0 unspecified atom stereocenters. The van der Waals surface area contributed by atoms with E-state index in [2.05, 4.69) is 37.5 Å². The SMILES string of the molecule is CCCCC[C@H]1CC[C@H](C#C/C=C/C#C[C@H]2CC[C@H](CCCCC)CC2)CC1. The monoisotopic (exact) mass is 380 g/mol. The van der Waals surface area contributed by atoms with E-state index in [-0.39, 0.29) is 0 Å². The first kappa shape index (κ1) is 23.1. The Hall–Kier alpha value is -1.14. The molecule has 0 aromatic rings. The smallest absolute Gasteiger partial charge is 0.0206 e. The molecule has 0 aliphatic heterocycles. The van der Waals surface area contributed by atoms with Crippen LogP contribution in [-0.4, -0.2) is 0 Å². The van der Waals surface area contributed by atoms with Gasteiger partial charge in [0.05, 0.1) is 0 Å². The second kappa shape index (κ2) is 14.8. The maximum Gasteiger partial charge on any atom is 0.0206 e. The van der Waals surface area contributed by atoms with E-state index in [1.807, 2.05) is 12.2 Å². The third-order valence-electron chi connectivity index (χ3n) is 6.95. The zero-order valence-electron chi connectivity index (χ0n) is 18.8. The lowest BCUT2D eigenvalue weighted by atomic mass is 9.80. The number of hydrogen-bond acceptors (Lipinski definition) is 0. The van der Waals surface area contributed by atoms with E-state index in [0.29, 0.717) is 11.8 Å². The third-order valence-corrected chi connectivity index (χ3v) is 6.95. The maximum atomic E-state index is 3.47. The Morgan fingerprint density at radius 1 is 0.571 bits per heavy atom. The Labute approximate surface area is 176 Å². The van der Waals surface area contributed by atoms with Gasteiger partial charge in [0, 0.05) is 11.8 Å². The zero-order valence-corrected chi connectivity index (χ0v) is 18.8. The molecule has 2 rings (SSSR count). The van der Waals surface area contributed by atoms with Gasteiger partial charge in [0.15, 0.2) is 0 Å². The van der Waals surface area contributed by atoms with Gasteiger partial charge in [-0.1, -0.05) is 88.9 Å². The van der Waals surface area contributed by atoms with E-state index in [9.17, 15) is 0 Å². The van der Waals surface area contributed by atoms with Crippen LogP contribution in [0.3, 0.4) is 0 Å². The van der Waals surface area contributed by atoms with Crippen molar-refractivity contribution in [2.75, 3.05) is 0 Å². The minimum absolute atomic E-state index is 0.628. The van der Waals surface area contributed by atoms with Crippen molar-refractivity contribution < 1.29 is 0 Å². The van der Waals surface area contributed by atoms with Crippen LogP contribution < -0.4 is 0 Å². The lowest BCUT2D eigenvalue weighted by Gasteiger charge is -2.25. The summed E-state index contributed by atoms with van der Waals surface area (Å²) in [5, 5.41) is 0. The molecular formula is C28H44. The van der Waals surface area contributed by atoms with Gasteiger partial charge in [-0.05, 0) is 75.4 Å². The van der Waals surface area contributed by atoms with E-state index < -0.39 is 0 Å². The summed E-state index contributed by atoms with van der Waals surface area (Å²) in [6, 6.07) is 0. The second-order valence-corrected chi connectivity index (χ2v) is 9.34. The molecule has 2 aliphatic rings. The van der Waals surface area contributed by atoms with Crippen molar-refractivity contribution in [1.82, 2.24) is 0 Å². The molecule has 0 heteroatoms. The maximum absolute atomic E-state index is 3.47. The van der Waals surface area contributed by atoms with Gasteiger partial charge in [0.1, 0.15) is 0 Å². The van der Waals surface area contributed by atoms with Crippen LogP contribution in [0, 0.1) is 47.4 Å². The van der Waals surface area contributed by atoms with E-state index in [1.54, 1.807) is 0 Å². The summed E-state index contributed by atoms with van der Waals surface area (Å²) >= 11 is 0. The van der Waals surface area contributed by atoms with Gasteiger partial charge in [-0.15, -0.1) is 0 Å². The topological polar surface area (TPSA) is 0 Å². The van der Waals surface area contributed by atoms with Crippen LogP contribution >= 0.6 is 0 Å². The summed E-state index contributed by atoms with van der Waals surface area (Å²) in [5.74, 6) is 16.7. The van der Waals surface area contributed by atoms with Crippen LogP contribution in [0.15, 0.2) is 12.2 Å². The number of allylic oxidation sites excluding steroid dienone is 2. The fourth-order valence-electron chi connectivity index (χ4n) is 4.97. The van der Waals surface area contributed by atoms with Crippen LogP contribution in [0.5, 0.6) is 0 Å². The minimum Gasteiger partial charge on any atom is -0.0951 e. The predicted molar refractivity (Wildman–Crippen MR) is 124 cm³/mol. The summed E-state index contributed by atoms with van der Waals surface area (Å²) in [6.07, 6.45) is 26.1. The molecule has 156 valence electrons. The molecule has 2 fully saturated rings. The first-order valence-electron chi connectivity index (χ1n) is 12.5. The molecule has 0 heterocycles. The Morgan fingerprint density at radius 2 is 0.964 bits per heavy atom. The molecule has 0 N–H and O–H groups in total. The van der Waals surface area contributed by atoms with Gasteiger partial charge in [0.2, 0.25) is 0 Å². The van der Waals surface area contributed by atoms with Crippen LogP contribution in [-0.2, 0) is 0 Å². The quantitative estimate of drug-likeness (QED) is 0.293. The van der Waals surface area contributed by atoms with Crippen molar-refractivity contribution >= 4 is 0 Å². The summed E-state index contributed by atoms with van der Waals surface area (Å²) in [6.45, 7) is 4.59. The largest absolute Gasteiger partial charge is 0.0951 e. The summed E-state index contributed by atoms with van der Waals surface area (Å²) in [5.41, 5.74) is 0. The van der Waals surface area contributed by atoms with Gasteiger partial charge in [-0.2, -0.15) is 0 Å². The Kier molecular flexibility index (Phi) is 12.2. The molecule has 0 aromatic heterocycles. The van der Waals surface area contributed by atoms with Gasteiger partial charge in [-0.25, -0.2) is 0 Å². The normalized spacial score (nSPS) is 27.6. The van der Waals surface area contributed by atoms with Crippen molar-refractivity contribution in [1.29, 1.82) is 0 Å². The molecule has 0 saturated heterocycles. The molecule has 2 aliphatic carbocycles. The Balaban J connectivity index is 1.58. The fourth-order valence-corrected chi connectivity index (χ4v) is 4.97. The first-order chi connectivity index (χ1) is 13.8. The Bertz CT molecular complexity index is 480. The average molecular weight is 381 g/mol. The highest BCUT2D eigenvalue weighted by Crippen LogP contribution is 2.32. The molecule has 0 atom stereocenters. The predicted octanol–water partition coefficient (Wildman–Crippen LogP) is 8.32. The van der Waals surface area contributed by atoms with Crippen molar-refractivity contribution in [3.8, 4) is 23.7 Å². The van der Waals surface area contributed by atoms with Gasteiger partial charge in [-0.3, -0.25) is 0 Å². The first-order valence-corrected chi connectivity index (χ1v) is 12.5. The highest BCUT2D eigenvalue weighted by atomic mass is 14.2. The number of unbranched alkanes of at least 4 members (excludes halogenated alkanes) is 4. The van der Waals surface area contributed by atoms with Crippen molar-refractivity contribution in [2.45, 2.75) is 117 Å².